The van der Waals surface area contributed by atoms with Crippen LogP contribution in [0.15, 0.2) is 30.3 Å². The monoisotopic (exact) mass is 286 g/mol. The van der Waals surface area contributed by atoms with Crippen molar-refractivity contribution in [3.05, 3.63) is 35.9 Å². The molecule has 1 amide bonds. The van der Waals surface area contributed by atoms with E-state index >= 15 is 0 Å². The lowest BCUT2D eigenvalue weighted by Gasteiger charge is -2.45. The molecule has 1 heterocycles. The van der Waals surface area contributed by atoms with Crippen molar-refractivity contribution >= 4 is 5.91 Å². The smallest absolute Gasteiger partial charge is 0.229 e. The van der Waals surface area contributed by atoms with Gasteiger partial charge in [-0.1, -0.05) is 36.8 Å². The molecular weight excluding hydrogens is 260 g/mol. The summed E-state index contributed by atoms with van der Waals surface area (Å²) in [6, 6.07) is 11.0. The third-order valence-corrected chi connectivity index (χ3v) is 5.27. The Morgan fingerprint density at radius 1 is 1.29 bits per heavy atom. The second-order valence-electron chi connectivity index (χ2n) is 6.68. The molecule has 0 aromatic heterocycles. The van der Waals surface area contributed by atoms with Gasteiger partial charge in [-0.3, -0.25) is 4.79 Å². The van der Waals surface area contributed by atoms with Gasteiger partial charge in [0, 0.05) is 19.1 Å². The van der Waals surface area contributed by atoms with Gasteiger partial charge in [-0.15, -0.1) is 0 Å². The zero-order valence-corrected chi connectivity index (χ0v) is 13.0. The molecule has 1 aromatic carbocycles. The molecule has 0 spiro atoms. The number of hydrogen-bond donors (Lipinski definition) is 1. The van der Waals surface area contributed by atoms with Crippen molar-refractivity contribution in [2.45, 2.75) is 44.6 Å². The van der Waals surface area contributed by atoms with Crippen molar-refractivity contribution < 1.29 is 4.79 Å². The number of piperidine rings is 1. The van der Waals surface area contributed by atoms with Crippen molar-refractivity contribution in [3.63, 3.8) is 0 Å². The van der Waals surface area contributed by atoms with E-state index in [4.69, 9.17) is 0 Å². The van der Waals surface area contributed by atoms with Gasteiger partial charge >= 0.3 is 0 Å². The Hall–Kier alpha value is -1.35. The van der Waals surface area contributed by atoms with Gasteiger partial charge in [0.15, 0.2) is 0 Å². The maximum absolute atomic E-state index is 13.1. The van der Waals surface area contributed by atoms with Crippen molar-refractivity contribution in [1.29, 1.82) is 0 Å². The summed E-state index contributed by atoms with van der Waals surface area (Å²) in [6.07, 6.45) is 6.53. The van der Waals surface area contributed by atoms with E-state index in [9.17, 15) is 4.79 Å². The van der Waals surface area contributed by atoms with E-state index < -0.39 is 0 Å². The van der Waals surface area contributed by atoms with Gasteiger partial charge in [0.2, 0.25) is 5.91 Å². The highest BCUT2D eigenvalue weighted by atomic mass is 16.2. The number of amides is 1. The first kappa shape index (κ1) is 14.6. The molecular formula is C18H26N2O. The van der Waals surface area contributed by atoms with Crippen LogP contribution in [-0.2, 0) is 11.2 Å². The van der Waals surface area contributed by atoms with Gasteiger partial charge in [0.1, 0.15) is 0 Å². The van der Waals surface area contributed by atoms with Crippen LogP contribution in [0, 0.1) is 5.41 Å². The van der Waals surface area contributed by atoms with E-state index in [1.807, 2.05) is 13.1 Å². The summed E-state index contributed by atoms with van der Waals surface area (Å²) in [4.78, 5) is 15.2. The first-order chi connectivity index (χ1) is 10.2. The fraction of sp³-hybridized carbons (Fsp3) is 0.611. The highest BCUT2D eigenvalue weighted by Crippen LogP contribution is 2.45. The summed E-state index contributed by atoms with van der Waals surface area (Å²) >= 11 is 0. The normalized spacial score (nSPS) is 24.4. The van der Waals surface area contributed by atoms with Gasteiger partial charge in [-0.25, -0.2) is 0 Å². The molecule has 1 unspecified atom stereocenters. The van der Waals surface area contributed by atoms with Crippen molar-refractivity contribution in [1.82, 2.24) is 10.2 Å². The Kier molecular flexibility index (Phi) is 4.29. The number of benzene rings is 1. The molecule has 0 bridgehead atoms. The maximum Gasteiger partial charge on any atom is 0.229 e. The van der Waals surface area contributed by atoms with Crippen LogP contribution in [0.2, 0.25) is 0 Å². The van der Waals surface area contributed by atoms with Crippen molar-refractivity contribution in [3.8, 4) is 0 Å². The average Bonchev–Trinajstić information content (AvgIpc) is 2.51. The third-order valence-electron chi connectivity index (χ3n) is 5.27. The second-order valence-corrected chi connectivity index (χ2v) is 6.68. The number of hydrogen-bond acceptors (Lipinski definition) is 2. The predicted octanol–water partition coefficient (Wildman–Crippen LogP) is 2.61. The molecule has 1 saturated carbocycles. The molecule has 3 rings (SSSR count). The Balaban J connectivity index is 1.71. The first-order valence-electron chi connectivity index (χ1n) is 8.24. The number of nitrogens with one attached hydrogen (secondary N) is 1. The van der Waals surface area contributed by atoms with Crippen LogP contribution in [0.25, 0.3) is 0 Å². The number of nitrogens with zero attached hydrogens (tertiary/aromatic N) is 1. The molecule has 21 heavy (non-hydrogen) atoms. The Labute approximate surface area is 127 Å². The summed E-state index contributed by atoms with van der Waals surface area (Å²) < 4.78 is 0. The highest BCUT2D eigenvalue weighted by Gasteiger charge is 2.46. The van der Waals surface area contributed by atoms with Crippen LogP contribution in [0.5, 0.6) is 0 Å². The summed E-state index contributed by atoms with van der Waals surface area (Å²) in [7, 11) is 2.00. The van der Waals surface area contributed by atoms with Crippen LogP contribution in [-0.4, -0.2) is 37.0 Å². The lowest BCUT2D eigenvalue weighted by molar-refractivity contribution is -0.148. The summed E-state index contributed by atoms with van der Waals surface area (Å²) in [5, 5.41) is 3.33. The molecule has 114 valence electrons. The molecule has 1 atom stereocenters. The number of carbonyl (C=O) groups is 1. The molecule has 1 N–H and O–H groups in total. The van der Waals surface area contributed by atoms with E-state index in [-0.39, 0.29) is 5.41 Å². The standard InChI is InChI=1S/C18H26N2O/c1-19-16-9-5-12-20(14-16)17(21)18(10-6-11-18)13-15-7-3-2-4-8-15/h2-4,7-8,16,19H,5-6,9-14H2,1H3. The quantitative estimate of drug-likeness (QED) is 0.923. The summed E-state index contributed by atoms with van der Waals surface area (Å²) in [5.74, 6) is 0.401. The number of carbonyl (C=O) groups excluding carboxylic acids is 1. The van der Waals surface area contributed by atoms with E-state index in [0.717, 1.165) is 38.8 Å². The Morgan fingerprint density at radius 2 is 2.05 bits per heavy atom. The first-order valence-corrected chi connectivity index (χ1v) is 8.24. The fourth-order valence-corrected chi connectivity index (χ4v) is 3.79. The molecule has 1 saturated heterocycles. The number of likely N-dealkylation sites (N-methyl/N-ethyl adjacent to an activating group) is 1. The van der Waals surface area contributed by atoms with Gasteiger partial charge < -0.3 is 10.2 Å². The maximum atomic E-state index is 13.1. The SMILES string of the molecule is CNC1CCCN(C(=O)C2(Cc3ccccc3)CCC2)C1. The molecule has 1 aliphatic heterocycles. The third kappa shape index (κ3) is 2.98. The van der Waals surface area contributed by atoms with E-state index in [0.29, 0.717) is 11.9 Å². The molecule has 1 aromatic rings. The van der Waals surface area contributed by atoms with E-state index in [2.05, 4.69) is 34.5 Å². The van der Waals surface area contributed by atoms with Crippen LogP contribution in [0.4, 0.5) is 0 Å². The molecule has 2 fully saturated rings. The second kappa shape index (κ2) is 6.18. The fourth-order valence-electron chi connectivity index (χ4n) is 3.79. The molecule has 3 heteroatoms. The lowest BCUT2D eigenvalue weighted by Crippen LogP contribution is -2.54. The molecule has 0 radical (unpaired) electrons. The molecule has 3 nitrogen and oxygen atoms in total. The minimum Gasteiger partial charge on any atom is -0.341 e. The summed E-state index contributed by atoms with van der Waals surface area (Å²) in [5.41, 5.74) is 1.18. The summed E-state index contributed by atoms with van der Waals surface area (Å²) in [6.45, 7) is 1.82. The van der Waals surface area contributed by atoms with E-state index in [1.165, 1.54) is 18.4 Å². The van der Waals surface area contributed by atoms with Crippen molar-refractivity contribution in [2.75, 3.05) is 20.1 Å². The topological polar surface area (TPSA) is 32.3 Å². The van der Waals surface area contributed by atoms with Gasteiger partial charge in [-0.2, -0.15) is 0 Å². The minimum atomic E-state index is -0.114. The van der Waals surface area contributed by atoms with Crippen LogP contribution in [0.1, 0.15) is 37.7 Å². The zero-order chi connectivity index (χ0) is 14.7. The molecule has 1 aliphatic carbocycles. The van der Waals surface area contributed by atoms with Gasteiger partial charge in [-0.05, 0) is 44.7 Å². The van der Waals surface area contributed by atoms with Crippen molar-refractivity contribution in [2.24, 2.45) is 5.41 Å². The van der Waals surface area contributed by atoms with Gasteiger partial charge in [0.25, 0.3) is 0 Å². The average molecular weight is 286 g/mol. The molecule has 2 aliphatic rings. The number of rotatable bonds is 4. The Morgan fingerprint density at radius 3 is 2.67 bits per heavy atom. The predicted molar refractivity (Wildman–Crippen MR) is 85.1 cm³/mol. The van der Waals surface area contributed by atoms with Crippen LogP contribution in [0.3, 0.4) is 0 Å². The lowest BCUT2D eigenvalue weighted by atomic mass is 9.64. The number of likely N-dealkylation sites (tertiary alicyclic amines) is 1. The van der Waals surface area contributed by atoms with Crippen LogP contribution < -0.4 is 5.32 Å². The Bertz CT molecular complexity index is 481. The zero-order valence-electron chi connectivity index (χ0n) is 13.0. The van der Waals surface area contributed by atoms with Gasteiger partial charge in [0.05, 0.1) is 5.41 Å². The largest absolute Gasteiger partial charge is 0.341 e. The minimum absolute atomic E-state index is 0.114. The van der Waals surface area contributed by atoms with Crippen LogP contribution >= 0.6 is 0 Å². The van der Waals surface area contributed by atoms with E-state index in [1.54, 1.807) is 0 Å². The highest BCUT2D eigenvalue weighted by molar-refractivity contribution is 5.84.